The number of carbonyl (C=O) groups excluding carboxylic acids is 3. The van der Waals surface area contributed by atoms with Crippen LogP contribution in [-0.4, -0.2) is 24.3 Å². The summed E-state index contributed by atoms with van der Waals surface area (Å²) >= 11 is 0. The van der Waals surface area contributed by atoms with Crippen molar-refractivity contribution in [2.45, 2.75) is 46.5 Å². The minimum absolute atomic E-state index is 0.0330. The molecule has 0 aromatic heterocycles. The second-order valence-electron chi connectivity index (χ2n) is 8.03. The molecule has 0 bridgehead atoms. The molecule has 2 rings (SSSR count). The van der Waals surface area contributed by atoms with Gasteiger partial charge in [-0.05, 0) is 41.3 Å². The maximum absolute atomic E-state index is 12.4. The number of nitrogens with zero attached hydrogens (tertiary/aromatic N) is 1. The molecule has 0 aliphatic rings. The van der Waals surface area contributed by atoms with Gasteiger partial charge in [0.05, 0.1) is 0 Å². The third-order valence-electron chi connectivity index (χ3n) is 4.45. The molecule has 0 fully saturated rings. The van der Waals surface area contributed by atoms with Gasteiger partial charge < -0.3 is 15.5 Å². The average Bonchev–Trinajstić information content (AvgIpc) is 2.61. The van der Waals surface area contributed by atoms with E-state index in [4.69, 9.17) is 0 Å². The van der Waals surface area contributed by atoms with Crippen LogP contribution in [0.25, 0.3) is 0 Å². The predicted molar refractivity (Wildman–Crippen MR) is 117 cm³/mol. The molecule has 29 heavy (non-hydrogen) atoms. The monoisotopic (exact) mass is 395 g/mol. The average molecular weight is 396 g/mol. The highest BCUT2D eigenvalue weighted by Crippen LogP contribution is 2.25. The van der Waals surface area contributed by atoms with Crippen molar-refractivity contribution in [3.8, 4) is 0 Å². The van der Waals surface area contributed by atoms with E-state index in [2.05, 4.69) is 31.4 Å². The van der Waals surface area contributed by atoms with Crippen LogP contribution in [0.4, 0.5) is 17.1 Å². The van der Waals surface area contributed by atoms with E-state index in [1.165, 1.54) is 19.4 Å². The summed E-state index contributed by atoms with van der Waals surface area (Å²) in [5, 5.41) is 5.48. The van der Waals surface area contributed by atoms with Crippen LogP contribution in [0.3, 0.4) is 0 Å². The molecule has 0 saturated heterocycles. The topological polar surface area (TPSA) is 78.5 Å². The molecule has 2 aromatic carbocycles. The summed E-state index contributed by atoms with van der Waals surface area (Å²) in [7, 11) is 0. The van der Waals surface area contributed by atoms with Crippen molar-refractivity contribution < 1.29 is 14.4 Å². The van der Waals surface area contributed by atoms with Crippen LogP contribution in [0, 0.1) is 0 Å². The summed E-state index contributed by atoms with van der Waals surface area (Å²) < 4.78 is 0. The van der Waals surface area contributed by atoms with Crippen LogP contribution < -0.4 is 15.5 Å². The van der Waals surface area contributed by atoms with Crippen LogP contribution in [-0.2, 0) is 19.8 Å². The molecule has 0 spiro atoms. The highest BCUT2D eigenvalue weighted by Gasteiger charge is 2.17. The van der Waals surface area contributed by atoms with Gasteiger partial charge in [0, 0.05) is 43.9 Å². The lowest BCUT2D eigenvalue weighted by molar-refractivity contribution is -0.117. The highest BCUT2D eigenvalue weighted by atomic mass is 16.2. The Hall–Kier alpha value is -3.15. The highest BCUT2D eigenvalue weighted by molar-refractivity contribution is 5.95. The number of hydrogen-bond acceptors (Lipinski definition) is 3. The molecule has 0 unspecified atom stereocenters. The summed E-state index contributed by atoms with van der Waals surface area (Å²) in [6.45, 7) is 9.60. The number of hydrogen-bond donors (Lipinski definition) is 2. The van der Waals surface area contributed by atoms with Gasteiger partial charge in [0.1, 0.15) is 0 Å². The quantitative estimate of drug-likeness (QED) is 0.764. The van der Waals surface area contributed by atoms with Crippen molar-refractivity contribution in [3.63, 3.8) is 0 Å². The summed E-state index contributed by atoms with van der Waals surface area (Å²) in [5.41, 5.74) is 3.18. The van der Waals surface area contributed by atoms with Crippen molar-refractivity contribution in [3.05, 3.63) is 54.1 Å². The van der Waals surface area contributed by atoms with Crippen LogP contribution in [0.5, 0.6) is 0 Å². The number of nitrogens with one attached hydrogen (secondary N) is 2. The molecule has 3 amide bonds. The number of anilines is 3. The summed E-state index contributed by atoms with van der Waals surface area (Å²) in [6, 6.07) is 14.8. The largest absolute Gasteiger partial charge is 0.326 e. The molecule has 0 aliphatic heterocycles. The van der Waals surface area contributed by atoms with E-state index in [0.717, 1.165) is 5.69 Å². The third-order valence-corrected chi connectivity index (χ3v) is 4.45. The van der Waals surface area contributed by atoms with E-state index in [0.29, 0.717) is 11.4 Å². The van der Waals surface area contributed by atoms with Crippen molar-refractivity contribution >= 4 is 34.8 Å². The Labute approximate surface area is 172 Å². The maximum atomic E-state index is 12.4. The summed E-state index contributed by atoms with van der Waals surface area (Å²) in [5.74, 6) is -0.500. The fourth-order valence-corrected chi connectivity index (χ4v) is 2.92. The van der Waals surface area contributed by atoms with E-state index in [9.17, 15) is 14.4 Å². The Balaban J connectivity index is 2.01. The Kier molecular flexibility index (Phi) is 7.15. The van der Waals surface area contributed by atoms with Gasteiger partial charge in [-0.3, -0.25) is 14.4 Å². The lowest BCUT2D eigenvalue weighted by atomic mass is 9.87. The molecule has 154 valence electrons. The smallest absolute Gasteiger partial charge is 0.226 e. The first kappa shape index (κ1) is 22.1. The van der Waals surface area contributed by atoms with Gasteiger partial charge in [-0.1, -0.05) is 39.0 Å². The van der Waals surface area contributed by atoms with Gasteiger partial charge in [0.15, 0.2) is 0 Å². The first-order chi connectivity index (χ1) is 13.6. The molecule has 0 saturated carbocycles. The molecule has 2 N–H and O–H groups in total. The Morgan fingerprint density at radius 3 is 2.00 bits per heavy atom. The van der Waals surface area contributed by atoms with E-state index in [-0.39, 0.29) is 36.1 Å². The second kappa shape index (κ2) is 9.37. The number of carbonyl (C=O) groups is 3. The van der Waals surface area contributed by atoms with Gasteiger partial charge in [0.2, 0.25) is 17.7 Å². The van der Waals surface area contributed by atoms with Crippen LogP contribution in [0.1, 0.15) is 46.6 Å². The fourth-order valence-electron chi connectivity index (χ4n) is 2.92. The lowest BCUT2D eigenvalue weighted by Crippen LogP contribution is -2.32. The second-order valence-corrected chi connectivity index (χ2v) is 8.03. The van der Waals surface area contributed by atoms with Crippen LogP contribution in [0.15, 0.2) is 48.5 Å². The normalized spacial score (nSPS) is 10.9. The minimum Gasteiger partial charge on any atom is -0.326 e. The molecular weight excluding hydrogens is 366 g/mol. The van der Waals surface area contributed by atoms with E-state index < -0.39 is 0 Å². The number of rotatable bonds is 6. The zero-order chi connectivity index (χ0) is 21.6. The molecule has 0 heterocycles. The van der Waals surface area contributed by atoms with Crippen LogP contribution >= 0.6 is 0 Å². The van der Waals surface area contributed by atoms with E-state index in [1.807, 2.05) is 24.3 Å². The van der Waals surface area contributed by atoms with Crippen molar-refractivity contribution in [2.75, 3.05) is 22.1 Å². The molecule has 0 aliphatic carbocycles. The molecule has 0 atom stereocenters. The van der Waals surface area contributed by atoms with Gasteiger partial charge in [0.25, 0.3) is 0 Å². The standard InChI is InChI=1S/C23H29N3O3/c1-16(27)24-19-7-6-8-20(15-19)25-22(29)13-14-26(17(2)28)21-11-9-18(10-12-21)23(3,4)5/h6-12,15H,13-14H2,1-5H3,(H,24,27)(H,25,29). The minimum atomic E-state index is -0.206. The Morgan fingerprint density at radius 1 is 0.897 bits per heavy atom. The first-order valence-electron chi connectivity index (χ1n) is 9.62. The number of benzene rings is 2. The lowest BCUT2D eigenvalue weighted by Gasteiger charge is -2.23. The van der Waals surface area contributed by atoms with Gasteiger partial charge in [-0.25, -0.2) is 0 Å². The maximum Gasteiger partial charge on any atom is 0.226 e. The Morgan fingerprint density at radius 2 is 1.48 bits per heavy atom. The molecule has 0 radical (unpaired) electrons. The van der Waals surface area contributed by atoms with Gasteiger partial charge in [-0.15, -0.1) is 0 Å². The zero-order valence-corrected chi connectivity index (χ0v) is 17.7. The summed E-state index contributed by atoms with van der Waals surface area (Å²) in [6.07, 6.45) is 0.158. The van der Waals surface area contributed by atoms with E-state index in [1.54, 1.807) is 29.2 Å². The van der Waals surface area contributed by atoms with Gasteiger partial charge in [-0.2, -0.15) is 0 Å². The molecular formula is C23H29N3O3. The van der Waals surface area contributed by atoms with E-state index >= 15 is 0 Å². The zero-order valence-electron chi connectivity index (χ0n) is 17.7. The van der Waals surface area contributed by atoms with Crippen molar-refractivity contribution in [1.82, 2.24) is 0 Å². The third kappa shape index (κ3) is 6.75. The predicted octanol–water partition coefficient (Wildman–Crippen LogP) is 4.32. The first-order valence-corrected chi connectivity index (χ1v) is 9.62. The SMILES string of the molecule is CC(=O)Nc1cccc(NC(=O)CCN(C(C)=O)c2ccc(C(C)(C)C)cc2)c1. The Bertz CT molecular complexity index is 883. The number of amides is 3. The fraction of sp³-hybridized carbons (Fsp3) is 0.348. The molecule has 6 nitrogen and oxygen atoms in total. The molecule has 2 aromatic rings. The summed E-state index contributed by atoms with van der Waals surface area (Å²) in [4.78, 5) is 37.2. The van der Waals surface area contributed by atoms with Gasteiger partial charge >= 0.3 is 0 Å². The van der Waals surface area contributed by atoms with Crippen LogP contribution in [0.2, 0.25) is 0 Å². The molecule has 6 heteroatoms. The van der Waals surface area contributed by atoms with Crippen molar-refractivity contribution in [1.29, 1.82) is 0 Å². The van der Waals surface area contributed by atoms with Crippen molar-refractivity contribution in [2.24, 2.45) is 0 Å².